The van der Waals surface area contributed by atoms with Crippen molar-refractivity contribution in [2.75, 3.05) is 13.1 Å². The third-order valence-corrected chi connectivity index (χ3v) is 5.26. The average Bonchev–Trinajstić information content (AvgIpc) is 2.73. The van der Waals surface area contributed by atoms with Crippen LogP contribution in [0.5, 0.6) is 0 Å². The van der Waals surface area contributed by atoms with E-state index in [1.165, 1.54) is 11.6 Å². The standard InChI is InChI=1S/C22H22N2O3/c1-2-16-7-8-19(13-20(16)22(26)27)21(25)24-11-9-18(10-12-24)17-5-3-15(14-23)4-6-17/h3-8,13,18H,2,9-12H2,1H3,(H,26,27). The Balaban J connectivity index is 1.68. The van der Waals surface area contributed by atoms with Crippen LogP contribution in [-0.2, 0) is 6.42 Å². The quantitative estimate of drug-likeness (QED) is 0.896. The molecule has 0 aliphatic carbocycles. The molecule has 1 heterocycles. The van der Waals surface area contributed by atoms with Crippen molar-refractivity contribution in [3.05, 3.63) is 70.3 Å². The van der Waals surface area contributed by atoms with Gasteiger partial charge in [0.1, 0.15) is 0 Å². The number of rotatable bonds is 4. The van der Waals surface area contributed by atoms with Crippen molar-refractivity contribution in [1.29, 1.82) is 5.26 Å². The van der Waals surface area contributed by atoms with Gasteiger partial charge in [0.2, 0.25) is 0 Å². The number of amides is 1. The average molecular weight is 362 g/mol. The highest BCUT2D eigenvalue weighted by atomic mass is 16.4. The van der Waals surface area contributed by atoms with Crippen LogP contribution >= 0.6 is 0 Å². The molecule has 27 heavy (non-hydrogen) atoms. The predicted octanol–water partition coefficient (Wildman–Crippen LogP) is 3.84. The first-order valence-corrected chi connectivity index (χ1v) is 9.19. The molecule has 1 saturated heterocycles. The lowest BCUT2D eigenvalue weighted by Crippen LogP contribution is -2.38. The number of aromatic carboxylic acids is 1. The molecule has 1 aliphatic heterocycles. The van der Waals surface area contributed by atoms with Crippen LogP contribution in [0.2, 0.25) is 0 Å². The van der Waals surface area contributed by atoms with Crippen molar-refractivity contribution in [3.8, 4) is 6.07 Å². The maximum Gasteiger partial charge on any atom is 0.335 e. The fourth-order valence-corrected chi connectivity index (χ4v) is 3.65. The van der Waals surface area contributed by atoms with E-state index in [9.17, 15) is 14.7 Å². The number of piperidine rings is 1. The second kappa shape index (κ2) is 8.05. The lowest BCUT2D eigenvalue weighted by atomic mass is 9.88. The number of nitriles is 1. The fraction of sp³-hybridized carbons (Fsp3) is 0.318. The predicted molar refractivity (Wildman–Crippen MR) is 102 cm³/mol. The molecule has 0 spiro atoms. The molecule has 0 bridgehead atoms. The van der Waals surface area contributed by atoms with Crippen molar-refractivity contribution in [1.82, 2.24) is 4.90 Å². The van der Waals surface area contributed by atoms with E-state index in [4.69, 9.17) is 5.26 Å². The van der Waals surface area contributed by atoms with Crippen LogP contribution in [-0.4, -0.2) is 35.0 Å². The van der Waals surface area contributed by atoms with Gasteiger partial charge < -0.3 is 10.0 Å². The van der Waals surface area contributed by atoms with E-state index in [1.54, 1.807) is 17.0 Å². The number of benzene rings is 2. The zero-order chi connectivity index (χ0) is 19.4. The number of hydrogen-bond acceptors (Lipinski definition) is 3. The topological polar surface area (TPSA) is 81.4 Å². The van der Waals surface area contributed by atoms with E-state index in [2.05, 4.69) is 6.07 Å². The van der Waals surface area contributed by atoms with Gasteiger partial charge in [-0.15, -0.1) is 0 Å². The number of carbonyl (C=O) groups is 2. The minimum atomic E-state index is -0.999. The summed E-state index contributed by atoms with van der Waals surface area (Å²) >= 11 is 0. The normalized spacial score (nSPS) is 14.6. The molecule has 5 heteroatoms. The summed E-state index contributed by atoms with van der Waals surface area (Å²) in [6.07, 6.45) is 2.33. The van der Waals surface area contributed by atoms with E-state index in [0.717, 1.165) is 18.4 Å². The van der Waals surface area contributed by atoms with Crippen LogP contribution in [0.4, 0.5) is 0 Å². The number of aryl methyl sites for hydroxylation is 1. The maximum absolute atomic E-state index is 12.8. The highest BCUT2D eigenvalue weighted by Crippen LogP contribution is 2.29. The molecule has 0 atom stereocenters. The number of carboxylic acid groups (broad SMARTS) is 1. The summed E-state index contributed by atoms with van der Waals surface area (Å²) < 4.78 is 0. The summed E-state index contributed by atoms with van der Waals surface area (Å²) in [6, 6.07) is 14.7. The molecule has 2 aromatic carbocycles. The first-order chi connectivity index (χ1) is 13.0. The van der Waals surface area contributed by atoms with Gasteiger partial charge in [0, 0.05) is 18.7 Å². The molecular formula is C22H22N2O3. The van der Waals surface area contributed by atoms with Gasteiger partial charge in [-0.3, -0.25) is 4.79 Å². The smallest absolute Gasteiger partial charge is 0.335 e. The van der Waals surface area contributed by atoms with Gasteiger partial charge in [-0.1, -0.05) is 25.1 Å². The highest BCUT2D eigenvalue weighted by Gasteiger charge is 2.25. The monoisotopic (exact) mass is 362 g/mol. The molecule has 0 unspecified atom stereocenters. The van der Waals surface area contributed by atoms with Gasteiger partial charge in [0.15, 0.2) is 0 Å². The van der Waals surface area contributed by atoms with E-state index < -0.39 is 5.97 Å². The maximum atomic E-state index is 12.8. The Labute approximate surface area is 158 Å². The number of likely N-dealkylation sites (tertiary alicyclic amines) is 1. The summed E-state index contributed by atoms with van der Waals surface area (Å²) in [6.45, 7) is 3.18. The van der Waals surface area contributed by atoms with Gasteiger partial charge in [0.05, 0.1) is 17.2 Å². The Hall–Kier alpha value is -3.13. The van der Waals surface area contributed by atoms with Crippen molar-refractivity contribution in [3.63, 3.8) is 0 Å². The van der Waals surface area contributed by atoms with Gasteiger partial charge in [-0.05, 0) is 60.6 Å². The molecule has 1 amide bonds. The molecular weight excluding hydrogens is 340 g/mol. The summed E-state index contributed by atoms with van der Waals surface area (Å²) in [7, 11) is 0. The van der Waals surface area contributed by atoms with Crippen molar-refractivity contribution in [2.45, 2.75) is 32.1 Å². The second-order valence-corrected chi connectivity index (χ2v) is 6.83. The molecule has 0 saturated carbocycles. The number of carbonyl (C=O) groups excluding carboxylic acids is 1. The van der Waals surface area contributed by atoms with Gasteiger partial charge >= 0.3 is 5.97 Å². The molecule has 1 fully saturated rings. The highest BCUT2D eigenvalue weighted by molar-refractivity contribution is 5.98. The van der Waals surface area contributed by atoms with Crippen molar-refractivity contribution < 1.29 is 14.7 Å². The van der Waals surface area contributed by atoms with E-state index in [1.807, 2.05) is 31.2 Å². The number of hydrogen-bond donors (Lipinski definition) is 1. The minimum Gasteiger partial charge on any atom is -0.478 e. The minimum absolute atomic E-state index is 0.113. The van der Waals surface area contributed by atoms with Crippen LogP contribution in [0.15, 0.2) is 42.5 Å². The molecule has 0 aromatic heterocycles. The van der Waals surface area contributed by atoms with Gasteiger partial charge in [-0.2, -0.15) is 5.26 Å². The van der Waals surface area contributed by atoms with Crippen LogP contribution in [0, 0.1) is 11.3 Å². The number of nitrogens with zero attached hydrogens (tertiary/aromatic N) is 2. The third-order valence-electron chi connectivity index (χ3n) is 5.26. The Morgan fingerprint density at radius 2 is 1.81 bits per heavy atom. The van der Waals surface area contributed by atoms with Crippen molar-refractivity contribution >= 4 is 11.9 Å². The molecule has 138 valence electrons. The van der Waals surface area contributed by atoms with Crippen LogP contribution in [0.1, 0.15) is 63.1 Å². The van der Waals surface area contributed by atoms with Gasteiger partial charge in [-0.25, -0.2) is 4.79 Å². The van der Waals surface area contributed by atoms with Crippen molar-refractivity contribution in [2.24, 2.45) is 0 Å². The van der Waals surface area contributed by atoms with E-state index in [-0.39, 0.29) is 11.5 Å². The van der Waals surface area contributed by atoms with Crippen LogP contribution in [0.3, 0.4) is 0 Å². The molecule has 1 aliphatic rings. The van der Waals surface area contributed by atoms with E-state index in [0.29, 0.717) is 36.6 Å². The molecule has 5 nitrogen and oxygen atoms in total. The summed E-state index contributed by atoms with van der Waals surface area (Å²) in [5, 5.41) is 18.3. The Bertz CT molecular complexity index is 889. The van der Waals surface area contributed by atoms with Crippen LogP contribution in [0.25, 0.3) is 0 Å². The largest absolute Gasteiger partial charge is 0.478 e. The number of carboxylic acids is 1. The summed E-state index contributed by atoms with van der Waals surface area (Å²) in [5.74, 6) is -0.738. The zero-order valence-electron chi connectivity index (χ0n) is 15.3. The zero-order valence-corrected chi connectivity index (χ0v) is 15.3. The van der Waals surface area contributed by atoms with Crippen LogP contribution < -0.4 is 0 Å². The molecule has 1 N–H and O–H groups in total. The lowest BCUT2D eigenvalue weighted by Gasteiger charge is -2.32. The first-order valence-electron chi connectivity index (χ1n) is 9.19. The fourth-order valence-electron chi connectivity index (χ4n) is 3.65. The summed E-state index contributed by atoms with van der Waals surface area (Å²) in [5.41, 5.74) is 3.22. The molecule has 2 aromatic rings. The Morgan fingerprint density at radius 3 is 2.37 bits per heavy atom. The second-order valence-electron chi connectivity index (χ2n) is 6.83. The molecule has 0 radical (unpaired) electrons. The Kier molecular flexibility index (Phi) is 5.56. The van der Waals surface area contributed by atoms with Gasteiger partial charge in [0.25, 0.3) is 5.91 Å². The Morgan fingerprint density at radius 1 is 1.15 bits per heavy atom. The first kappa shape index (κ1) is 18.7. The summed E-state index contributed by atoms with van der Waals surface area (Å²) in [4.78, 5) is 26.0. The van der Waals surface area contributed by atoms with E-state index >= 15 is 0 Å². The SMILES string of the molecule is CCc1ccc(C(=O)N2CCC(c3ccc(C#N)cc3)CC2)cc1C(=O)O. The third kappa shape index (κ3) is 4.01. The molecule has 3 rings (SSSR count). The lowest BCUT2D eigenvalue weighted by molar-refractivity contribution is 0.0695.